The summed E-state index contributed by atoms with van der Waals surface area (Å²) in [6.07, 6.45) is 0.0475. The average molecular weight is 384 g/mol. The van der Waals surface area contributed by atoms with Gasteiger partial charge in [-0.25, -0.2) is 8.42 Å². The Balaban J connectivity index is 2.20. The van der Waals surface area contributed by atoms with Gasteiger partial charge in [0.2, 0.25) is 0 Å². The quantitative estimate of drug-likeness (QED) is 0.834. The van der Waals surface area contributed by atoms with E-state index in [0.29, 0.717) is 11.4 Å². The van der Waals surface area contributed by atoms with Crippen LogP contribution in [0.25, 0.3) is 0 Å². The van der Waals surface area contributed by atoms with Crippen LogP contribution in [0.1, 0.15) is 19.4 Å². The fourth-order valence-electron chi connectivity index (χ4n) is 1.89. The monoisotopic (exact) mass is 383 g/mol. The van der Waals surface area contributed by atoms with Crippen molar-refractivity contribution in [3.8, 4) is 5.75 Å². The summed E-state index contributed by atoms with van der Waals surface area (Å²) in [5, 5.41) is 0. The van der Waals surface area contributed by atoms with Crippen molar-refractivity contribution in [3.05, 3.63) is 52.5 Å². The highest BCUT2D eigenvalue weighted by molar-refractivity contribution is 9.10. The summed E-state index contributed by atoms with van der Waals surface area (Å²) in [6.45, 7) is 5.74. The lowest BCUT2D eigenvalue weighted by atomic mass is 10.2. The van der Waals surface area contributed by atoms with Crippen LogP contribution in [0.15, 0.2) is 51.8 Å². The van der Waals surface area contributed by atoms with E-state index in [1.807, 2.05) is 26.8 Å². The van der Waals surface area contributed by atoms with Crippen molar-refractivity contribution in [1.29, 1.82) is 0 Å². The first kappa shape index (κ1) is 16.8. The van der Waals surface area contributed by atoms with Crippen LogP contribution in [0, 0.1) is 6.92 Å². The van der Waals surface area contributed by atoms with Gasteiger partial charge in [-0.15, -0.1) is 0 Å². The molecule has 4 nitrogen and oxygen atoms in total. The van der Waals surface area contributed by atoms with Gasteiger partial charge in [0.15, 0.2) is 0 Å². The number of rotatable bonds is 5. The maximum absolute atomic E-state index is 12.4. The summed E-state index contributed by atoms with van der Waals surface area (Å²) in [6, 6.07) is 11.7. The Morgan fingerprint density at radius 2 is 1.73 bits per heavy atom. The summed E-state index contributed by atoms with van der Waals surface area (Å²) in [5.41, 5.74) is 1.49. The second kappa shape index (κ2) is 6.71. The molecule has 118 valence electrons. The molecular weight excluding hydrogens is 366 g/mol. The Morgan fingerprint density at radius 1 is 1.09 bits per heavy atom. The number of ether oxygens (including phenoxy) is 1. The Hall–Kier alpha value is -1.53. The van der Waals surface area contributed by atoms with Gasteiger partial charge >= 0.3 is 0 Å². The molecule has 0 amide bonds. The summed E-state index contributed by atoms with van der Waals surface area (Å²) < 4.78 is 33.8. The molecule has 1 N–H and O–H groups in total. The normalized spacial score (nSPS) is 11.5. The molecule has 0 atom stereocenters. The predicted octanol–water partition coefficient (Wildman–Crippen LogP) is 4.35. The molecule has 0 aliphatic carbocycles. The SMILES string of the molecule is Cc1cc(NS(=O)(=O)c2ccc(OC(C)C)cc2)ccc1Br. The summed E-state index contributed by atoms with van der Waals surface area (Å²) >= 11 is 3.39. The molecule has 2 aromatic carbocycles. The van der Waals surface area contributed by atoms with Gasteiger partial charge in [-0.3, -0.25) is 4.72 Å². The van der Waals surface area contributed by atoms with E-state index in [2.05, 4.69) is 20.7 Å². The van der Waals surface area contributed by atoms with Crippen molar-refractivity contribution in [2.45, 2.75) is 31.8 Å². The van der Waals surface area contributed by atoms with E-state index in [-0.39, 0.29) is 11.0 Å². The minimum Gasteiger partial charge on any atom is -0.491 e. The highest BCUT2D eigenvalue weighted by Gasteiger charge is 2.14. The number of benzene rings is 2. The van der Waals surface area contributed by atoms with E-state index >= 15 is 0 Å². The molecule has 2 aromatic rings. The predicted molar refractivity (Wildman–Crippen MR) is 91.9 cm³/mol. The number of aryl methyl sites for hydroxylation is 1. The molecule has 0 spiro atoms. The molecule has 0 unspecified atom stereocenters. The van der Waals surface area contributed by atoms with Crippen molar-refractivity contribution >= 4 is 31.6 Å². The smallest absolute Gasteiger partial charge is 0.261 e. The lowest BCUT2D eigenvalue weighted by molar-refractivity contribution is 0.242. The number of hydrogen-bond donors (Lipinski definition) is 1. The first-order chi connectivity index (χ1) is 10.3. The molecule has 0 aliphatic heterocycles. The molecule has 0 heterocycles. The van der Waals surface area contributed by atoms with Crippen LogP contribution in [-0.2, 0) is 10.0 Å². The van der Waals surface area contributed by atoms with E-state index < -0.39 is 10.0 Å². The lowest BCUT2D eigenvalue weighted by Crippen LogP contribution is -2.13. The third-order valence-corrected chi connectivity index (χ3v) is 5.20. The number of sulfonamides is 1. The standard InChI is InChI=1S/C16H18BrNO3S/c1-11(2)21-14-5-7-15(8-6-14)22(19,20)18-13-4-9-16(17)12(3)10-13/h4-11,18H,1-3H3. The van der Waals surface area contributed by atoms with Crippen molar-refractivity contribution in [2.75, 3.05) is 4.72 Å². The zero-order valence-corrected chi connectivity index (χ0v) is 15.0. The Kier molecular flexibility index (Phi) is 5.13. The number of halogens is 1. The van der Waals surface area contributed by atoms with Crippen LogP contribution >= 0.6 is 15.9 Å². The molecule has 22 heavy (non-hydrogen) atoms. The van der Waals surface area contributed by atoms with Gasteiger partial charge < -0.3 is 4.74 Å². The van der Waals surface area contributed by atoms with Gasteiger partial charge in [0.25, 0.3) is 10.0 Å². The van der Waals surface area contributed by atoms with E-state index in [1.54, 1.807) is 24.3 Å². The van der Waals surface area contributed by atoms with Crippen molar-refractivity contribution in [1.82, 2.24) is 0 Å². The van der Waals surface area contributed by atoms with E-state index in [1.165, 1.54) is 12.1 Å². The first-order valence-electron chi connectivity index (χ1n) is 6.83. The van der Waals surface area contributed by atoms with E-state index in [9.17, 15) is 8.42 Å². The number of hydrogen-bond acceptors (Lipinski definition) is 3. The first-order valence-corrected chi connectivity index (χ1v) is 9.11. The largest absolute Gasteiger partial charge is 0.491 e. The van der Waals surface area contributed by atoms with Crippen LogP contribution in [0.4, 0.5) is 5.69 Å². The molecule has 0 fully saturated rings. The molecule has 0 bridgehead atoms. The molecule has 0 radical (unpaired) electrons. The minimum absolute atomic E-state index is 0.0475. The van der Waals surface area contributed by atoms with E-state index in [0.717, 1.165) is 10.0 Å². The van der Waals surface area contributed by atoms with Gasteiger partial charge in [-0.1, -0.05) is 15.9 Å². The molecule has 0 saturated heterocycles. The van der Waals surface area contributed by atoms with Gasteiger partial charge in [-0.2, -0.15) is 0 Å². The minimum atomic E-state index is -3.61. The van der Waals surface area contributed by atoms with Gasteiger partial charge in [0.05, 0.1) is 11.0 Å². The maximum Gasteiger partial charge on any atom is 0.261 e. The zero-order valence-electron chi connectivity index (χ0n) is 12.6. The Labute approximate surface area is 139 Å². The van der Waals surface area contributed by atoms with Crippen molar-refractivity contribution in [2.24, 2.45) is 0 Å². The van der Waals surface area contributed by atoms with Gasteiger partial charge in [0.1, 0.15) is 5.75 Å². The second-order valence-electron chi connectivity index (χ2n) is 5.21. The fraction of sp³-hybridized carbons (Fsp3) is 0.250. The highest BCUT2D eigenvalue weighted by Crippen LogP contribution is 2.23. The summed E-state index contributed by atoms with van der Waals surface area (Å²) in [4.78, 5) is 0.198. The molecule has 0 aromatic heterocycles. The van der Waals surface area contributed by atoms with Gasteiger partial charge in [0, 0.05) is 10.2 Å². The maximum atomic E-state index is 12.4. The second-order valence-corrected chi connectivity index (χ2v) is 7.74. The fourth-order valence-corrected chi connectivity index (χ4v) is 3.19. The number of anilines is 1. The molecular formula is C16H18BrNO3S. The molecule has 2 rings (SSSR count). The average Bonchev–Trinajstić information content (AvgIpc) is 2.42. The topological polar surface area (TPSA) is 55.4 Å². The Bertz CT molecular complexity index is 755. The van der Waals surface area contributed by atoms with Gasteiger partial charge in [-0.05, 0) is 68.8 Å². The van der Waals surface area contributed by atoms with Crippen molar-refractivity contribution in [3.63, 3.8) is 0 Å². The Morgan fingerprint density at radius 3 is 2.27 bits per heavy atom. The lowest BCUT2D eigenvalue weighted by Gasteiger charge is -2.12. The molecule has 0 saturated carbocycles. The third kappa shape index (κ3) is 4.24. The van der Waals surface area contributed by atoms with Crippen LogP contribution in [0.2, 0.25) is 0 Å². The number of nitrogens with one attached hydrogen (secondary N) is 1. The molecule has 6 heteroatoms. The third-order valence-electron chi connectivity index (χ3n) is 2.92. The summed E-state index contributed by atoms with van der Waals surface area (Å²) in [7, 11) is -3.61. The van der Waals surface area contributed by atoms with Crippen LogP contribution in [-0.4, -0.2) is 14.5 Å². The molecule has 0 aliphatic rings. The zero-order chi connectivity index (χ0) is 16.3. The van der Waals surface area contributed by atoms with E-state index in [4.69, 9.17) is 4.74 Å². The van der Waals surface area contributed by atoms with Crippen LogP contribution in [0.3, 0.4) is 0 Å². The highest BCUT2D eigenvalue weighted by atomic mass is 79.9. The van der Waals surface area contributed by atoms with Crippen LogP contribution < -0.4 is 9.46 Å². The van der Waals surface area contributed by atoms with Crippen molar-refractivity contribution < 1.29 is 13.2 Å². The summed E-state index contributed by atoms with van der Waals surface area (Å²) in [5.74, 6) is 0.647. The van der Waals surface area contributed by atoms with Crippen LogP contribution in [0.5, 0.6) is 5.75 Å².